The Hall–Kier alpha value is -3.87. The highest BCUT2D eigenvalue weighted by atomic mass is 32.2. The van der Waals surface area contributed by atoms with E-state index in [9.17, 15) is 10.1 Å². The molecule has 0 radical (unpaired) electrons. The number of nitrogens with one attached hydrogen (secondary N) is 1. The van der Waals surface area contributed by atoms with Gasteiger partial charge in [-0.1, -0.05) is 0 Å². The average Bonchev–Trinajstić information content (AvgIpc) is 3.32. The lowest BCUT2D eigenvalue weighted by Gasteiger charge is -2.36. The highest BCUT2D eigenvalue weighted by Crippen LogP contribution is 2.27. The molecule has 182 valence electrons. The number of aromatic nitrogens is 3. The van der Waals surface area contributed by atoms with E-state index in [1.165, 1.54) is 29.1 Å². The number of rotatable bonds is 8. The van der Waals surface area contributed by atoms with Crippen LogP contribution in [0.3, 0.4) is 0 Å². The van der Waals surface area contributed by atoms with Crippen LogP contribution in [0.15, 0.2) is 71.0 Å². The van der Waals surface area contributed by atoms with Gasteiger partial charge in [-0.15, -0.1) is 0 Å². The van der Waals surface area contributed by atoms with Crippen molar-refractivity contribution in [3.05, 3.63) is 77.7 Å². The number of aromatic amines is 1. The predicted octanol–water partition coefficient (Wildman–Crippen LogP) is 3.83. The van der Waals surface area contributed by atoms with Crippen molar-refractivity contribution in [2.45, 2.75) is 22.9 Å². The summed E-state index contributed by atoms with van der Waals surface area (Å²) in [6.45, 7) is 5.13. The average molecular weight is 498 g/mol. The van der Waals surface area contributed by atoms with Gasteiger partial charge in [0.1, 0.15) is 5.69 Å². The van der Waals surface area contributed by atoms with Crippen LogP contribution in [0, 0.1) is 11.3 Å². The number of benzene rings is 2. The number of piperazine rings is 1. The molecule has 8 nitrogen and oxygen atoms in total. The highest BCUT2D eigenvalue weighted by molar-refractivity contribution is 7.99. The summed E-state index contributed by atoms with van der Waals surface area (Å²) in [6, 6.07) is 17.9. The topological polar surface area (TPSA) is 115 Å². The Kier molecular flexibility index (Phi) is 7.16. The Balaban J connectivity index is 1.10. The summed E-state index contributed by atoms with van der Waals surface area (Å²) < 4.78 is 0. The van der Waals surface area contributed by atoms with Crippen molar-refractivity contribution >= 4 is 34.3 Å². The number of nitrogens with two attached hydrogens (primary N) is 1. The zero-order valence-corrected chi connectivity index (χ0v) is 20.7. The molecule has 1 aliphatic rings. The fraction of sp³-hybridized carbons (Fsp3) is 0.259. The third-order valence-corrected chi connectivity index (χ3v) is 7.37. The van der Waals surface area contributed by atoms with Gasteiger partial charge >= 0.3 is 0 Å². The largest absolute Gasteiger partial charge is 0.369 e. The van der Waals surface area contributed by atoms with E-state index >= 15 is 0 Å². The molecule has 2 aromatic heterocycles. The number of hydrogen-bond acceptors (Lipinski definition) is 7. The molecule has 1 aliphatic heterocycles. The number of hydrogen-bond donors (Lipinski definition) is 2. The zero-order valence-electron chi connectivity index (χ0n) is 19.9. The maximum absolute atomic E-state index is 11.3. The Morgan fingerprint density at radius 3 is 2.67 bits per heavy atom. The summed E-state index contributed by atoms with van der Waals surface area (Å²) in [6.07, 6.45) is 5.72. The van der Waals surface area contributed by atoms with Crippen LogP contribution in [0.5, 0.6) is 0 Å². The van der Waals surface area contributed by atoms with Crippen LogP contribution < -0.4 is 10.6 Å². The second-order valence-electron chi connectivity index (χ2n) is 8.80. The molecule has 0 unspecified atom stereocenters. The molecular weight excluding hydrogens is 470 g/mol. The second kappa shape index (κ2) is 10.8. The third-order valence-electron chi connectivity index (χ3n) is 6.49. The van der Waals surface area contributed by atoms with Crippen LogP contribution in [0.25, 0.3) is 10.9 Å². The molecule has 2 aromatic carbocycles. The van der Waals surface area contributed by atoms with Gasteiger partial charge in [-0.05, 0) is 85.2 Å². The summed E-state index contributed by atoms with van der Waals surface area (Å²) in [7, 11) is 0. The number of aryl methyl sites for hydroxylation is 1. The first-order valence-corrected chi connectivity index (χ1v) is 12.8. The fourth-order valence-corrected chi connectivity index (χ4v) is 5.28. The molecule has 1 fully saturated rings. The van der Waals surface area contributed by atoms with Crippen LogP contribution in [0.2, 0.25) is 0 Å². The Morgan fingerprint density at radius 2 is 1.92 bits per heavy atom. The number of carbonyl (C=O) groups excluding carboxylic acids is 1. The van der Waals surface area contributed by atoms with Crippen LogP contribution in [0.4, 0.5) is 5.69 Å². The van der Waals surface area contributed by atoms with Gasteiger partial charge in [-0.2, -0.15) is 5.26 Å². The van der Waals surface area contributed by atoms with Crippen molar-refractivity contribution in [2.24, 2.45) is 5.73 Å². The van der Waals surface area contributed by atoms with Gasteiger partial charge in [0.2, 0.25) is 0 Å². The van der Waals surface area contributed by atoms with E-state index in [1.807, 2.05) is 18.2 Å². The molecule has 0 saturated carbocycles. The van der Waals surface area contributed by atoms with Crippen molar-refractivity contribution in [3.63, 3.8) is 0 Å². The molecule has 0 bridgehead atoms. The van der Waals surface area contributed by atoms with Gasteiger partial charge in [0.15, 0.2) is 5.16 Å². The van der Waals surface area contributed by atoms with Crippen LogP contribution >= 0.6 is 11.8 Å². The van der Waals surface area contributed by atoms with Crippen molar-refractivity contribution in [1.29, 1.82) is 5.26 Å². The standard InChI is InChI=1S/C27H27N7OS/c28-17-19-3-8-24-23(16-19)20(18-31-24)2-1-11-33-12-14-34(15-13-33)21-4-6-22(7-5-21)36-27-30-10-9-25(32-27)26(29)35/h3-10,16,18,31H,1-2,11-15H2,(H2,29,35). The van der Waals surface area contributed by atoms with E-state index in [4.69, 9.17) is 5.73 Å². The smallest absolute Gasteiger partial charge is 0.267 e. The third kappa shape index (κ3) is 5.51. The van der Waals surface area contributed by atoms with E-state index in [2.05, 4.69) is 61.3 Å². The van der Waals surface area contributed by atoms with Crippen molar-refractivity contribution in [2.75, 3.05) is 37.6 Å². The van der Waals surface area contributed by atoms with Gasteiger partial charge < -0.3 is 15.6 Å². The summed E-state index contributed by atoms with van der Waals surface area (Å²) in [5.41, 5.74) is 9.81. The summed E-state index contributed by atoms with van der Waals surface area (Å²) in [4.78, 5) is 29.0. The van der Waals surface area contributed by atoms with Crippen molar-refractivity contribution in [1.82, 2.24) is 19.9 Å². The van der Waals surface area contributed by atoms with E-state index in [0.29, 0.717) is 10.7 Å². The summed E-state index contributed by atoms with van der Waals surface area (Å²) >= 11 is 1.41. The number of primary amides is 1. The fourth-order valence-electron chi connectivity index (χ4n) is 4.54. The molecule has 0 spiro atoms. The number of nitriles is 1. The second-order valence-corrected chi connectivity index (χ2v) is 9.84. The lowest BCUT2D eigenvalue weighted by atomic mass is 10.1. The number of anilines is 1. The zero-order chi connectivity index (χ0) is 24.9. The monoisotopic (exact) mass is 497 g/mol. The summed E-state index contributed by atoms with van der Waals surface area (Å²) in [5.74, 6) is -0.555. The Bertz CT molecular complexity index is 1400. The summed E-state index contributed by atoms with van der Waals surface area (Å²) in [5, 5.41) is 10.8. The van der Waals surface area contributed by atoms with Crippen molar-refractivity contribution in [3.8, 4) is 6.07 Å². The molecule has 1 amide bonds. The molecular formula is C27H27N7OS. The predicted molar refractivity (Wildman–Crippen MR) is 141 cm³/mol. The van der Waals surface area contributed by atoms with Crippen LogP contribution in [-0.4, -0.2) is 58.5 Å². The SMILES string of the molecule is N#Cc1ccc2[nH]cc(CCCN3CCN(c4ccc(Sc5nccc(C(N)=O)n5)cc4)CC3)c2c1. The molecule has 0 atom stereocenters. The number of amides is 1. The van der Waals surface area contributed by atoms with Crippen LogP contribution in [-0.2, 0) is 6.42 Å². The number of H-pyrrole nitrogens is 1. The van der Waals surface area contributed by atoms with Gasteiger partial charge in [-0.3, -0.25) is 9.69 Å². The lowest BCUT2D eigenvalue weighted by Crippen LogP contribution is -2.46. The minimum atomic E-state index is -0.555. The first-order chi connectivity index (χ1) is 17.6. The normalized spacial score (nSPS) is 14.1. The number of fused-ring (bicyclic) bond motifs is 1. The first kappa shape index (κ1) is 23.9. The maximum atomic E-state index is 11.3. The molecule has 3 N–H and O–H groups in total. The minimum absolute atomic E-state index is 0.219. The van der Waals surface area contributed by atoms with E-state index in [0.717, 1.165) is 61.4 Å². The van der Waals surface area contributed by atoms with E-state index in [1.54, 1.807) is 6.20 Å². The molecule has 9 heteroatoms. The molecule has 3 heterocycles. The van der Waals surface area contributed by atoms with E-state index < -0.39 is 5.91 Å². The van der Waals surface area contributed by atoms with Gasteiger partial charge in [0.25, 0.3) is 5.91 Å². The lowest BCUT2D eigenvalue weighted by molar-refractivity contribution is 0.0994. The quantitative estimate of drug-likeness (QED) is 0.356. The van der Waals surface area contributed by atoms with Gasteiger partial charge in [0, 0.05) is 60.1 Å². The molecule has 0 aliphatic carbocycles. The molecule has 1 saturated heterocycles. The minimum Gasteiger partial charge on any atom is -0.369 e. The maximum Gasteiger partial charge on any atom is 0.267 e. The molecule has 36 heavy (non-hydrogen) atoms. The Labute approximate surface area is 214 Å². The van der Waals surface area contributed by atoms with Crippen molar-refractivity contribution < 1.29 is 4.79 Å². The van der Waals surface area contributed by atoms with Gasteiger partial charge in [-0.25, -0.2) is 9.97 Å². The first-order valence-electron chi connectivity index (χ1n) is 12.0. The number of carbonyl (C=O) groups is 1. The molecule has 5 rings (SSSR count). The van der Waals surface area contributed by atoms with Gasteiger partial charge in [0.05, 0.1) is 11.6 Å². The molecule has 4 aromatic rings. The highest BCUT2D eigenvalue weighted by Gasteiger charge is 2.17. The van der Waals surface area contributed by atoms with E-state index in [-0.39, 0.29) is 5.69 Å². The number of nitrogens with zero attached hydrogens (tertiary/aromatic N) is 5. The Morgan fingerprint density at radius 1 is 1.11 bits per heavy atom. The van der Waals surface area contributed by atoms with Crippen LogP contribution in [0.1, 0.15) is 28.0 Å².